The zero-order valence-electron chi connectivity index (χ0n) is 18.1. The first-order valence-corrected chi connectivity index (χ1v) is 10.7. The highest BCUT2D eigenvalue weighted by Gasteiger charge is 2.37. The third kappa shape index (κ3) is 4.60. The van der Waals surface area contributed by atoms with Crippen LogP contribution in [-0.4, -0.2) is 63.7 Å². The monoisotopic (exact) mass is 423 g/mol. The first kappa shape index (κ1) is 21.0. The smallest absolute Gasteiger partial charge is 0.228 e. The number of carbonyl (C=O) groups is 2. The molecule has 2 aliphatic rings. The van der Waals surface area contributed by atoms with Gasteiger partial charge in [0.1, 0.15) is 11.5 Å². The summed E-state index contributed by atoms with van der Waals surface area (Å²) in [6.45, 7) is 3.47. The summed E-state index contributed by atoms with van der Waals surface area (Å²) < 4.78 is 10.5. The first-order valence-electron chi connectivity index (χ1n) is 10.7. The molecule has 2 aromatic rings. The lowest BCUT2D eigenvalue weighted by molar-refractivity contribution is -0.135. The number of ether oxygens (including phenoxy) is 2. The molecule has 31 heavy (non-hydrogen) atoms. The van der Waals surface area contributed by atoms with Gasteiger partial charge in [-0.15, -0.1) is 0 Å². The van der Waals surface area contributed by atoms with Crippen LogP contribution in [0.5, 0.6) is 11.5 Å². The fourth-order valence-electron chi connectivity index (χ4n) is 4.35. The summed E-state index contributed by atoms with van der Waals surface area (Å²) in [6, 6.07) is 15.4. The van der Waals surface area contributed by atoms with Crippen molar-refractivity contribution in [3.63, 3.8) is 0 Å². The molecular weight excluding hydrogens is 394 g/mol. The predicted octanol–water partition coefficient (Wildman–Crippen LogP) is 2.80. The average molecular weight is 424 g/mol. The molecule has 0 spiro atoms. The molecular formula is C24H29N3O4. The molecule has 0 aliphatic carbocycles. The average Bonchev–Trinajstić information content (AvgIpc) is 3.04. The summed E-state index contributed by atoms with van der Waals surface area (Å²) in [5.74, 6) is 1.30. The topological polar surface area (TPSA) is 62.3 Å². The van der Waals surface area contributed by atoms with Gasteiger partial charge in [0.05, 0.1) is 20.1 Å². The molecule has 1 atom stereocenters. The Bertz CT molecular complexity index is 931. The minimum Gasteiger partial charge on any atom is -0.497 e. The highest BCUT2D eigenvalue weighted by Crippen LogP contribution is 2.29. The lowest BCUT2D eigenvalue weighted by Gasteiger charge is -2.25. The standard InChI is InChI=1S/C24H29N3O4/c1-30-21-9-7-19(8-10-21)25-11-4-12-26(14-13-25)24(29)18-15-23(28)27(17-18)20-5-3-6-22(16-20)31-2/h3,5-10,16,18H,4,11-15,17H2,1-2H3. The Hall–Kier alpha value is -3.22. The maximum Gasteiger partial charge on any atom is 0.228 e. The number of nitrogens with zero attached hydrogens (tertiary/aromatic N) is 3. The van der Waals surface area contributed by atoms with Crippen molar-refractivity contribution in [3.05, 3.63) is 48.5 Å². The number of hydrogen-bond donors (Lipinski definition) is 0. The number of methoxy groups -OCH3 is 2. The summed E-state index contributed by atoms with van der Waals surface area (Å²) >= 11 is 0. The number of anilines is 2. The normalized spacial score (nSPS) is 19.4. The Morgan fingerprint density at radius 3 is 2.42 bits per heavy atom. The van der Waals surface area contributed by atoms with Crippen LogP contribution in [-0.2, 0) is 9.59 Å². The van der Waals surface area contributed by atoms with Crippen LogP contribution in [0.2, 0.25) is 0 Å². The van der Waals surface area contributed by atoms with Crippen LogP contribution < -0.4 is 19.3 Å². The molecule has 0 aromatic heterocycles. The third-order valence-corrected chi connectivity index (χ3v) is 6.08. The summed E-state index contributed by atoms with van der Waals surface area (Å²) in [6.07, 6.45) is 1.16. The van der Waals surface area contributed by atoms with Gasteiger partial charge in [-0.3, -0.25) is 9.59 Å². The Morgan fingerprint density at radius 2 is 1.68 bits per heavy atom. The highest BCUT2D eigenvalue weighted by atomic mass is 16.5. The Morgan fingerprint density at radius 1 is 0.903 bits per heavy atom. The van der Waals surface area contributed by atoms with Gasteiger partial charge in [-0.05, 0) is 42.8 Å². The summed E-state index contributed by atoms with van der Waals surface area (Å²) in [7, 11) is 3.26. The molecule has 0 bridgehead atoms. The van der Waals surface area contributed by atoms with E-state index in [2.05, 4.69) is 17.0 Å². The maximum absolute atomic E-state index is 13.2. The molecule has 2 heterocycles. The molecule has 0 saturated carbocycles. The molecule has 1 unspecified atom stereocenters. The second kappa shape index (κ2) is 9.29. The number of rotatable bonds is 5. The Kier molecular flexibility index (Phi) is 6.30. The third-order valence-electron chi connectivity index (χ3n) is 6.08. The van der Waals surface area contributed by atoms with Crippen molar-refractivity contribution in [3.8, 4) is 11.5 Å². The zero-order valence-corrected chi connectivity index (χ0v) is 18.1. The summed E-state index contributed by atoms with van der Waals surface area (Å²) in [5.41, 5.74) is 1.91. The fourth-order valence-corrected chi connectivity index (χ4v) is 4.35. The van der Waals surface area contributed by atoms with E-state index in [1.807, 2.05) is 41.3 Å². The molecule has 2 aliphatic heterocycles. The fraction of sp³-hybridized carbons (Fsp3) is 0.417. The van der Waals surface area contributed by atoms with Crippen molar-refractivity contribution in [2.24, 2.45) is 5.92 Å². The quantitative estimate of drug-likeness (QED) is 0.740. The predicted molar refractivity (Wildman–Crippen MR) is 120 cm³/mol. The van der Waals surface area contributed by atoms with Gasteiger partial charge in [-0.1, -0.05) is 6.07 Å². The van der Waals surface area contributed by atoms with Crippen molar-refractivity contribution in [1.82, 2.24) is 4.90 Å². The second-order valence-electron chi connectivity index (χ2n) is 7.97. The minimum atomic E-state index is -0.300. The van der Waals surface area contributed by atoms with Crippen LogP contribution in [0.4, 0.5) is 11.4 Å². The van der Waals surface area contributed by atoms with Gasteiger partial charge in [0.2, 0.25) is 11.8 Å². The van der Waals surface area contributed by atoms with Crippen molar-refractivity contribution >= 4 is 23.2 Å². The molecule has 7 heteroatoms. The van der Waals surface area contributed by atoms with Crippen molar-refractivity contribution in [1.29, 1.82) is 0 Å². The molecule has 2 aromatic carbocycles. The van der Waals surface area contributed by atoms with E-state index in [0.717, 1.165) is 43.2 Å². The number of carbonyl (C=O) groups excluding carboxylic acids is 2. The van der Waals surface area contributed by atoms with Gasteiger partial charge in [0, 0.05) is 56.6 Å². The lowest BCUT2D eigenvalue weighted by atomic mass is 10.1. The van der Waals surface area contributed by atoms with Crippen molar-refractivity contribution < 1.29 is 19.1 Å². The van der Waals surface area contributed by atoms with Gasteiger partial charge in [-0.2, -0.15) is 0 Å². The molecule has 4 rings (SSSR count). The van der Waals surface area contributed by atoms with Crippen molar-refractivity contribution in [2.75, 3.05) is 56.7 Å². The summed E-state index contributed by atoms with van der Waals surface area (Å²) in [5, 5.41) is 0. The van der Waals surface area contributed by atoms with Crippen LogP contribution in [0.25, 0.3) is 0 Å². The van der Waals surface area contributed by atoms with Gasteiger partial charge in [0.15, 0.2) is 0 Å². The van der Waals surface area contributed by atoms with E-state index < -0.39 is 0 Å². The first-order chi connectivity index (χ1) is 15.1. The molecule has 2 saturated heterocycles. The largest absolute Gasteiger partial charge is 0.497 e. The second-order valence-corrected chi connectivity index (χ2v) is 7.97. The van der Waals surface area contributed by atoms with E-state index in [9.17, 15) is 9.59 Å². The van der Waals surface area contributed by atoms with E-state index in [1.54, 1.807) is 19.1 Å². The van der Waals surface area contributed by atoms with Crippen LogP contribution in [0.3, 0.4) is 0 Å². The van der Waals surface area contributed by atoms with E-state index >= 15 is 0 Å². The van der Waals surface area contributed by atoms with E-state index in [4.69, 9.17) is 9.47 Å². The molecule has 2 amide bonds. The van der Waals surface area contributed by atoms with Crippen LogP contribution in [0.15, 0.2) is 48.5 Å². The van der Waals surface area contributed by atoms with Crippen molar-refractivity contribution in [2.45, 2.75) is 12.8 Å². The number of amides is 2. The van der Waals surface area contributed by atoms with Crippen LogP contribution >= 0.6 is 0 Å². The Labute approximate surface area is 183 Å². The van der Waals surface area contributed by atoms with Crippen LogP contribution in [0, 0.1) is 5.92 Å². The maximum atomic E-state index is 13.2. The zero-order chi connectivity index (χ0) is 21.8. The molecule has 2 fully saturated rings. The van der Waals surface area contributed by atoms with Gasteiger partial charge < -0.3 is 24.2 Å². The van der Waals surface area contributed by atoms with E-state index in [0.29, 0.717) is 18.8 Å². The highest BCUT2D eigenvalue weighted by molar-refractivity contribution is 6.00. The van der Waals surface area contributed by atoms with Gasteiger partial charge in [0.25, 0.3) is 0 Å². The number of hydrogen-bond acceptors (Lipinski definition) is 5. The SMILES string of the molecule is COc1ccc(N2CCCN(C(=O)C3CC(=O)N(c4cccc(OC)c4)C3)CC2)cc1. The summed E-state index contributed by atoms with van der Waals surface area (Å²) in [4.78, 5) is 31.8. The molecule has 0 radical (unpaired) electrons. The van der Waals surface area contributed by atoms with Crippen LogP contribution in [0.1, 0.15) is 12.8 Å². The number of benzene rings is 2. The van der Waals surface area contributed by atoms with Gasteiger partial charge >= 0.3 is 0 Å². The molecule has 7 nitrogen and oxygen atoms in total. The molecule has 164 valence electrons. The Balaban J connectivity index is 1.38. The lowest BCUT2D eigenvalue weighted by Crippen LogP contribution is -2.40. The minimum absolute atomic E-state index is 0.0127. The van der Waals surface area contributed by atoms with E-state index in [-0.39, 0.29) is 24.2 Å². The van der Waals surface area contributed by atoms with E-state index in [1.165, 1.54) is 0 Å². The molecule has 0 N–H and O–H groups in total. The van der Waals surface area contributed by atoms with Gasteiger partial charge in [-0.25, -0.2) is 0 Å².